The van der Waals surface area contributed by atoms with E-state index in [1.165, 1.54) is 0 Å². The zero-order valence-corrected chi connectivity index (χ0v) is 12.0. The Morgan fingerprint density at radius 2 is 2.28 bits per heavy atom. The van der Waals surface area contributed by atoms with Gasteiger partial charge in [0.1, 0.15) is 5.01 Å². The van der Waals surface area contributed by atoms with Crippen LogP contribution in [0.3, 0.4) is 0 Å². The summed E-state index contributed by atoms with van der Waals surface area (Å²) in [4.78, 5) is 16.9. The van der Waals surface area contributed by atoms with Gasteiger partial charge in [0.25, 0.3) is 0 Å². The van der Waals surface area contributed by atoms with Crippen molar-refractivity contribution in [3.63, 3.8) is 0 Å². The number of nitrogens with two attached hydrogens (primary N) is 1. The van der Waals surface area contributed by atoms with Gasteiger partial charge in [0.2, 0.25) is 5.91 Å². The van der Waals surface area contributed by atoms with Crippen LogP contribution in [0.4, 0.5) is 0 Å². The van der Waals surface area contributed by atoms with Crippen molar-refractivity contribution in [2.24, 2.45) is 11.1 Å². The molecule has 1 aliphatic carbocycles. The lowest BCUT2D eigenvalue weighted by Crippen LogP contribution is -2.46. The third-order valence-corrected chi connectivity index (χ3v) is 4.79. The lowest BCUT2D eigenvalue weighted by atomic mass is 9.85. The second-order valence-corrected chi connectivity index (χ2v) is 6.10. The number of thiazole rings is 1. The molecule has 1 aliphatic rings. The van der Waals surface area contributed by atoms with Crippen LogP contribution >= 0.6 is 23.6 Å². The van der Waals surface area contributed by atoms with Gasteiger partial charge in [0.15, 0.2) is 0 Å². The average Bonchev–Trinajstić information content (AvgIpc) is 2.95. The number of nitrogens with zero attached hydrogens (tertiary/aromatic N) is 1. The van der Waals surface area contributed by atoms with E-state index in [1.54, 1.807) is 11.3 Å². The van der Waals surface area contributed by atoms with Crippen LogP contribution in [0.5, 0.6) is 0 Å². The van der Waals surface area contributed by atoms with Gasteiger partial charge in [0.05, 0.1) is 16.9 Å². The molecule has 3 N–H and O–H groups in total. The summed E-state index contributed by atoms with van der Waals surface area (Å²) in [6.45, 7) is 2.40. The van der Waals surface area contributed by atoms with Crippen LogP contribution in [0.15, 0.2) is 5.38 Å². The number of hydrogen-bond acceptors (Lipinski definition) is 4. The van der Waals surface area contributed by atoms with E-state index in [0.717, 1.165) is 36.4 Å². The van der Waals surface area contributed by atoms with Crippen molar-refractivity contribution in [2.75, 3.05) is 0 Å². The maximum Gasteiger partial charge on any atom is 0.233 e. The number of rotatable bonds is 4. The maximum absolute atomic E-state index is 12.3. The molecule has 2 rings (SSSR count). The molecule has 1 saturated carbocycles. The molecule has 1 heterocycles. The highest BCUT2D eigenvalue weighted by molar-refractivity contribution is 7.80. The van der Waals surface area contributed by atoms with Crippen molar-refractivity contribution in [3.05, 3.63) is 16.1 Å². The Morgan fingerprint density at radius 1 is 1.61 bits per heavy atom. The first-order chi connectivity index (χ1) is 8.54. The van der Waals surface area contributed by atoms with E-state index in [-0.39, 0.29) is 5.91 Å². The summed E-state index contributed by atoms with van der Waals surface area (Å²) in [5.74, 6) is -0.0413. The Bertz CT molecular complexity index is 464. The quantitative estimate of drug-likeness (QED) is 0.828. The largest absolute Gasteiger partial charge is 0.392 e. The smallest absolute Gasteiger partial charge is 0.233 e. The van der Waals surface area contributed by atoms with Crippen LogP contribution in [0.2, 0.25) is 0 Å². The third-order valence-electron chi connectivity index (χ3n) is 3.43. The molecule has 0 unspecified atom stereocenters. The van der Waals surface area contributed by atoms with Gasteiger partial charge in [-0.15, -0.1) is 11.3 Å². The minimum Gasteiger partial charge on any atom is -0.392 e. The van der Waals surface area contributed by atoms with Crippen molar-refractivity contribution in [2.45, 2.75) is 39.2 Å². The highest BCUT2D eigenvalue weighted by Crippen LogP contribution is 2.38. The van der Waals surface area contributed by atoms with E-state index in [0.29, 0.717) is 11.5 Å². The van der Waals surface area contributed by atoms with E-state index >= 15 is 0 Å². The summed E-state index contributed by atoms with van der Waals surface area (Å²) in [7, 11) is 0. The normalized spacial score (nSPS) is 17.6. The minimum absolute atomic E-state index is 0.0413. The number of nitrogens with one attached hydrogen (secondary N) is 1. The highest BCUT2D eigenvalue weighted by Gasteiger charge is 2.43. The summed E-state index contributed by atoms with van der Waals surface area (Å²) in [6, 6.07) is 0. The predicted molar refractivity (Wildman–Crippen MR) is 76.4 cm³/mol. The van der Waals surface area contributed by atoms with E-state index in [1.807, 2.05) is 12.3 Å². The molecule has 0 atom stereocenters. The maximum atomic E-state index is 12.3. The first-order valence-corrected chi connectivity index (χ1v) is 7.32. The molecule has 98 valence electrons. The molecule has 0 aliphatic heterocycles. The van der Waals surface area contributed by atoms with Gasteiger partial charge >= 0.3 is 0 Å². The molecule has 6 heteroatoms. The fourth-order valence-corrected chi connectivity index (χ4v) is 3.38. The Morgan fingerprint density at radius 3 is 2.78 bits per heavy atom. The Kier molecular flexibility index (Phi) is 3.97. The van der Waals surface area contributed by atoms with Gasteiger partial charge in [-0.05, 0) is 19.8 Å². The fraction of sp³-hybridized carbons (Fsp3) is 0.583. The van der Waals surface area contributed by atoms with Gasteiger partial charge < -0.3 is 11.1 Å². The SMILES string of the molecule is Cc1csc(CNC(=O)C2(C(N)=S)CCCC2)n1. The van der Waals surface area contributed by atoms with Crippen molar-refractivity contribution < 1.29 is 4.79 Å². The number of thiocarbonyl (C=S) groups is 1. The van der Waals surface area contributed by atoms with Gasteiger partial charge in [0, 0.05) is 11.1 Å². The van der Waals surface area contributed by atoms with Gasteiger partial charge in [-0.1, -0.05) is 25.1 Å². The molecule has 0 saturated heterocycles. The Hall–Kier alpha value is -1.01. The predicted octanol–water partition coefficient (Wildman–Crippen LogP) is 1.91. The van der Waals surface area contributed by atoms with Crippen LogP contribution in [0.1, 0.15) is 36.4 Å². The van der Waals surface area contributed by atoms with Gasteiger partial charge in [-0.25, -0.2) is 4.98 Å². The highest BCUT2D eigenvalue weighted by atomic mass is 32.1. The summed E-state index contributed by atoms with van der Waals surface area (Å²) in [6.07, 6.45) is 3.57. The number of carbonyl (C=O) groups excluding carboxylic acids is 1. The number of hydrogen-bond donors (Lipinski definition) is 2. The Labute approximate surface area is 116 Å². The lowest BCUT2D eigenvalue weighted by Gasteiger charge is -2.25. The number of amides is 1. The fourth-order valence-electron chi connectivity index (χ4n) is 2.37. The van der Waals surface area contributed by atoms with Crippen molar-refractivity contribution in [3.8, 4) is 0 Å². The van der Waals surface area contributed by atoms with Crippen molar-refractivity contribution >= 4 is 34.5 Å². The van der Waals surface area contributed by atoms with Gasteiger partial charge in [-0.2, -0.15) is 0 Å². The third kappa shape index (κ3) is 2.54. The lowest BCUT2D eigenvalue weighted by molar-refractivity contribution is -0.127. The molecule has 0 radical (unpaired) electrons. The average molecular weight is 283 g/mol. The summed E-state index contributed by atoms with van der Waals surface area (Å²) < 4.78 is 0. The number of aromatic nitrogens is 1. The molecular formula is C12H17N3OS2. The van der Waals surface area contributed by atoms with E-state index in [4.69, 9.17) is 18.0 Å². The van der Waals surface area contributed by atoms with Crippen molar-refractivity contribution in [1.29, 1.82) is 0 Å². The summed E-state index contributed by atoms with van der Waals surface area (Å²) in [5.41, 5.74) is 6.12. The molecule has 0 aromatic carbocycles. The molecule has 4 nitrogen and oxygen atoms in total. The molecule has 1 fully saturated rings. The standard InChI is InChI=1S/C12H17N3OS2/c1-8-7-18-9(15-8)6-14-11(16)12(10(13)17)4-2-3-5-12/h7H,2-6H2,1H3,(H2,13,17)(H,14,16). The van der Waals surface area contributed by atoms with E-state index in [9.17, 15) is 4.79 Å². The zero-order valence-electron chi connectivity index (χ0n) is 10.4. The minimum atomic E-state index is -0.623. The molecule has 1 aromatic rings. The first kappa shape index (κ1) is 13.4. The first-order valence-electron chi connectivity index (χ1n) is 6.04. The van der Waals surface area contributed by atoms with Crippen LogP contribution in [0.25, 0.3) is 0 Å². The van der Waals surface area contributed by atoms with Crippen LogP contribution in [-0.4, -0.2) is 15.9 Å². The summed E-state index contributed by atoms with van der Waals surface area (Å²) >= 11 is 6.63. The second kappa shape index (κ2) is 5.32. The van der Waals surface area contributed by atoms with Crippen molar-refractivity contribution in [1.82, 2.24) is 10.3 Å². The molecule has 0 spiro atoms. The van der Waals surface area contributed by atoms with Crippen LogP contribution in [-0.2, 0) is 11.3 Å². The second-order valence-electron chi connectivity index (χ2n) is 4.72. The molecule has 18 heavy (non-hydrogen) atoms. The van der Waals surface area contributed by atoms with E-state index in [2.05, 4.69) is 10.3 Å². The topological polar surface area (TPSA) is 68.0 Å². The summed E-state index contributed by atoms with van der Waals surface area (Å²) in [5, 5.41) is 5.80. The van der Waals surface area contributed by atoms with Crippen LogP contribution < -0.4 is 11.1 Å². The van der Waals surface area contributed by atoms with E-state index < -0.39 is 5.41 Å². The molecule has 0 bridgehead atoms. The number of aryl methyl sites for hydroxylation is 1. The molecule has 1 amide bonds. The van der Waals surface area contributed by atoms with Gasteiger partial charge in [-0.3, -0.25) is 4.79 Å². The molecular weight excluding hydrogens is 266 g/mol. The molecule has 1 aromatic heterocycles. The Balaban J connectivity index is 2.00. The van der Waals surface area contributed by atoms with Crippen LogP contribution in [0, 0.1) is 12.3 Å². The zero-order chi connectivity index (χ0) is 13.2. The number of carbonyl (C=O) groups is 1. The monoisotopic (exact) mass is 283 g/mol.